The topological polar surface area (TPSA) is 65.2 Å². The third-order valence-electron chi connectivity index (χ3n) is 4.94. The van der Waals surface area contributed by atoms with E-state index in [2.05, 4.69) is 16.3 Å². The van der Waals surface area contributed by atoms with Crippen LogP contribution in [0.4, 0.5) is 0 Å². The zero-order valence-corrected chi connectivity index (χ0v) is 17.4. The standard InChI is InChI=1S/C21H27N5O2/c1-14-7-8-20(15(2)11-14)28-13-26-10-9-19(23-26)21(27)24(5)12-18-16(3)22-25(6)17(18)4/h7-11H,12-13H2,1-6H3. The molecule has 0 radical (unpaired) electrons. The van der Waals surface area contributed by atoms with Crippen LogP contribution in [0.15, 0.2) is 30.5 Å². The van der Waals surface area contributed by atoms with E-state index < -0.39 is 0 Å². The predicted octanol–water partition coefficient (Wildman–Crippen LogP) is 3.16. The fourth-order valence-corrected chi connectivity index (χ4v) is 3.20. The number of amides is 1. The van der Waals surface area contributed by atoms with Crippen LogP contribution in [0, 0.1) is 27.7 Å². The molecule has 0 spiro atoms. The summed E-state index contributed by atoms with van der Waals surface area (Å²) in [7, 11) is 3.69. The van der Waals surface area contributed by atoms with Gasteiger partial charge in [0.2, 0.25) is 0 Å². The fourth-order valence-electron chi connectivity index (χ4n) is 3.20. The largest absolute Gasteiger partial charge is 0.471 e. The molecule has 0 saturated carbocycles. The van der Waals surface area contributed by atoms with E-state index in [1.54, 1.807) is 28.9 Å². The van der Waals surface area contributed by atoms with Crippen LogP contribution in [0.3, 0.4) is 0 Å². The van der Waals surface area contributed by atoms with Crippen molar-refractivity contribution in [3.05, 3.63) is 64.2 Å². The number of rotatable bonds is 6. The molecular formula is C21H27N5O2. The minimum Gasteiger partial charge on any atom is -0.471 e. The van der Waals surface area contributed by atoms with Crippen molar-refractivity contribution < 1.29 is 9.53 Å². The summed E-state index contributed by atoms with van der Waals surface area (Å²) in [6, 6.07) is 7.75. The van der Waals surface area contributed by atoms with Crippen molar-refractivity contribution in [1.29, 1.82) is 0 Å². The second kappa shape index (κ2) is 7.88. The van der Waals surface area contributed by atoms with Gasteiger partial charge in [-0.05, 0) is 45.4 Å². The summed E-state index contributed by atoms with van der Waals surface area (Å²) in [6.45, 7) is 8.77. The maximum atomic E-state index is 12.7. The quantitative estimate of drug-likeness (QED) is 0.658. The number of ether oxygens (including phenoxy) is 1. The van der Waals surface area contributed by atoms with Crippen LogP contribution in [0.2, 0.25) is 0 Å². The van der Waals surface area contributed by atoms with Gasteiger partial charge in [-0.2, -0.15) is 10.2 Å². The molecule has 1 amide bonds. The Hall–Kier alpha value is -3.09. The molecule has 7 nitrogen and oxygen atoms in total. The summed E-state index contributed by atoms with van der Waals surface area (Å²) >= 11 is 0. The number of hydrogen-bond acceptors (Lipinski definition) is 4. The van der Waals surface area contributed by atoms with Gasteiger partial charge >= 0.3 is 0 Å². The normalized spacial score (nSPS) is 10.9. The number of carbonyl (C=O) groups is 1. The van der Waals surface area contributed by atoms with E-state index >= 15 is 0 Å². The first-order chi connectivity index (χ1) is 13.3. The molecule has 0 N–H and O–H groups in total. The van der Waals surface area contributed by atoms with Crippen molar-refractivity contribution in [2.24, 2.45) is 7.05 Å². The maximum absolute atomic E-state index is 12.7. The first-order valence-electron chi connectivity index (χ1n) is 9.24. The van der Waals surface area contributed by atoms with Gasteiger partial charge in [-0.1, -0.05) is 17.7 Å². The van der Waals surface area contributed by atoms with Gasteiger partial charge in [0.05, 0.1) is 5.69 Å². The number of aryl methyl sites for hydroxylation is 4. The molecule has 28 heavy (non-hydrogen) atoms. The van der Waals surface area contributed by atoms with Crippen molar-refractivity contribution in [2.45, 2.75) is 41.0 Å². The zero-order valence-electron chi connectivity index (χ0n) is 17.4. The minimum absolute atomic E-state index is 0.132. The number of benzene rings is 1. The smallest absolute Gasteiger partial charge is 0.274 e. The van der Waals surface area contributed by atoms with E-state index in [4.69, 9.17) is 4.74 Å². The summed E-state index contributed by atoms with van der Waals surface area (Å²) < 4.78 is 9.29. The van der Waals surface area contributed by atoms with Crippen LogP contribution in [-0.4, -0.2) is 37.4 Å². The van der Waals surface area contributed by atoms with Gasteiger partial charge < -0.3 is 9.64 Å². The lowest BCUT2D eigenvalue weighted by atomic mass is 10.1. The molecule has 0 bridgehead atoms. The molecule has 0 aliphatic heterocycles. The molecule has 2 heterocycles. The van der Waals surface area contributed by atoms with Crippen LogP contribution >= 0.6 is 0 Å². The van der Waals surface area contributed by atoms with Gasteiger partial charge in [-0.25, -0.2) is 4.68 Å². The van der Waals surface area contributed by atoms with Crippen molar-refractivity contribution in [2.75, 3.05) is 7.05 Å². The Morgan fingerprint density at radius 2 is 1.89 bits per heavy atom. The molecule has 0 fully saturated rings. The van der Waals surface area contributed by atoms with E-state index in [0.717, 1.165) is 28.3 Å². The molecule has 0 saturated heterocycles. The highest BCUT2D eigenvalue weighted by Gasteiger charge is 2.18. The van der Waals surface area contributed by atoms with Gasteiger partial charge in [0.1, 0.15) is 5.75 Å². The van der Waals surface area contributed by atoms with Crippen LogP contribution < -0.4 is 4.74 Å². The second-order valence-corrected chi connectivity index (χ2v) is 7.22. The van der Waals surface area contributed by atoms with Crippen LogP contribution in [0.1, 0.15) is 38.6 Å². The first kappa shape index (κ1) is 19.7. The van der Waals surface area contributed by atoms with E-state index in [1.807, 2.05) is 51.6 Å². The third kappa shape index (κ3) is 4.08. The van der Waals surface area contributed by atoms with E-state index in [-0.39, 0.29) is 12.6 Å². The molecule has 1 aromatic carbocycles. The molecule has 148 valence electrons. The average Bonchev–Trinajstić information content (AvgIpc) is 3.21. The van der Waals surface area contributed by atoms with E-state index in [1.165, 1.54) is 5.56 Å². The molecular weight excluding hydrogens is 354 g/mol. The highest BCUT2D eigenvalue weighted by molar-refractivity contribution is 5.92. The number of nitrogens with zero attached hydrogens (tertiary/aromatic N) is 5. The minimum atomic E-state index is -0.132. The molecule has 3 aromatic rings. The van der Waals surface area contributed by atoms with Crippen molar-refractivity contribution in [1.82, 2.24) is 24.5 Å². The Morgan fingerprint density at radius 1 is 1.14 bits per heavy atom. The van der Waals surface area contributed by atoms with Crippen molar-refractivity contribution in [3.63, 3.8) is 0 Å². The zero-order chi connectivity index (χ0) is 20.4. The SMILES string of the molecule is Cc1ccc(OCn2ccc(C(=O)N(C)Cc3c(C)nn(C)c3C)n2)c(C)c1. The summed E-state index contributed by atoms with van der Waals surface area (Å²) in [4.78, 5) is 14.4. The fraction of sp³-hybridized carbons (Fsp3) is 0.381. The molecule has 0 aliphatic rings. The van der Waals surface area contributed by atoms with Gasteiger partial charge in [0.25, 0.3) is 5.91 Å². The Morgan fingerprint density at radius 3 is 2.54 bits per heavy atom. The van der Waals surface area contributed by atoms with E-state index in [9.17, 15) is 4.79 Å². The summed E-state index contributed by atoms with van der Waals surface area (Å²) in [5.74, 6) is 0.682. The van der Waals surface area contributed by atoms with Crippen molar-refractivity contribution in [3.8, 4) is 5.75 Å². The molecule has 3 rings (SSSR count). The summed E-state index contributed by atoms with van der Waals surface area (Å²) in [5, 5.41) is 8.77. The monoisotopic (exact) mass is 381 g/mol. The van der Waals surface area contributed by atoms with Crippen LogP contribution in [0.25, 0.3) is 0 Å². The third-order valence-corrected chi connectivity index (χ3v) is 4.94. The molecule has 0 unspecified atom stereocenters. The van der Waals surface area contributed by atoms with Gasteiger partial charge in [-0.3, -0.25) is 9.48 Å². The van der Waals surface area contributed by atoms with Crippen molar-refractivity contribution >= 4 is 5.91 Å². The lowest BCUT2D eigenvalue weighted by Crippen LogP contribution is -2.27. The highest BCUT2D eigenvalue weighted by atomic mass is 16.5. The summed E-state index contributed by atoms with van der Waals surface area (Å²) in [6.07, 6.45) is 1.76. The Balaban J connectivity index is 1.64. The lowest BCUT2D eigenvalue weighted by molar-refractivity contribution is 0.0776. The van der Waals surface area contributed by atoms with Gasteiger partial charge in [-0.15, -0.1) is 0 Å². The van der Waals surface area contributed by atoms with Crippen LogP contribution in [-0.2, 0) is 20.3 Å². The Bertz CT molecular complexity index is 1000. The molecule has 0 aliphatic carbocycles. The van der Waals surface area contributed by atoms with Gasteiger partial charge in [0.15, 0.2) is 12.4 Å². The van der Waals surface area contributed by atoms with Crippen LogP contribution in [0.5, 0.6) is 5.75 Å². The predicted molar refractivity (Wildman–Crippen MR) is 107 cm³/mol. The molecule has 7 heteroatoms. The number of aromatic nitrogens is 4. The Labute approximate surface area is 165 Å². The van der Waals surface area contributed by atoms with E-state index in [0.29, 0.717) is 12.2 Å². The summed E-state index contributed by atoms with van der Waals surface area (Å²) in [5.41, 5.74) is 5.72. The molecule has 2 aromatic heterocycles. The Kier molecular flexibility index (Phi) is 5.53. The first-order valence-corrected chi connectivity index (χ1v) is 9.24. The maximum Gasteiger partial charge on any atom is 0.274 e. The highest BCUT2D eigenvalue weighted by Crippen LogP contribution is 2.19. The lowest BCUT2D eigenvalue weighted by Gasteiger charge is -2.16. The number of hydrogen-bond donors (Lipinski definition) is 0. The average molecular weight is 381 g/mol. The van der Waals surface area contributed by atoms with Gasteiger partial charge in [0, 0.05) is 38.1 Å². The molecule has 0 atom stereocenters. The second-order valence-electron chi connectivity index (χ2n) is 7.22. The number of carbonyl (C=O) groups excluding carboxylic acids is 1.